The molecule has 0 aliphatic carbocycles. The maximum Gasteiger partial charge on any atom is 0.280 e. The number of pyridine rings is 1. The van der Waals surface area contributed by atoms with Crippen LogP contribution in [0.2, 0.25) is 0 Å². The summed E-state index contributed by atoms with van der Waals surface area (Å²) < 4.78 is 14.8. The summed E-state index contributed by atoms with van der Waals surface area (Å²) >= 11 is 0. The molecular formula is C20H15FN4O. The van der Waals surface area contributed by atoms with Crippen LogP contribution in [0, 0.1) is 5.82 Å². The second kappa shape index (κ2) is 6.40. The van der Waals surface area contributed by atoms with Crippen molar-refractivity contribution in [3.63, 3.8) is 0 Å². The first-order valence-electron chi connectivity index (χ1n) is 8.07. The van der Waals surface area contributed by atoms with Crippen LogP contribution >= 0.6 is 0 Å². The average molecular weight is 346 g/mol. The van der Waals surface area contributed by atoms with Gasteiger partial charge >= 0.3 is 0 Å². The first-order chi connectivity index (χ1) is 12.6. The summed E-state index contributed by atoms with van der Waals surface area (Å²) in [5.74, 6) is 0.0871. The number of nitrogens with zero attached hydrogens (tertiary/aromatic N) is 4. The number of fused-ring (bicyclic) bond motifs is 1. The molecule has 0 atom stereocenters. The number of rotatable bonds is 3. The van der Waals surface area contributed by atoms with Gasteiger partial charge in [0.05, 0.1) is 22.8 Å². The third-order valence-corrected chi connectivity index (χ3v) is 4.18. The molecule has 26 heavy (non-hydrogen) atoms. The molecule has 0 saturated heterocycles. The van der Waals surface area contributed by atoms with E-state index >= 15 is 0 Å². The largest absolute Gasteiger partial charge is 0.280 e. The van der Waals surface area contributed by atoms with Crippen LogP contribution in [0.5, 0.6) is 0 Å². The molecule has 0 aliphatic heterocycles. The second-order valence-corrected chi connectivity index (χ2v) is 5.81. The molecule has 6 heteroatoms. The Morgan fingerprint density at radius 1 is 1.00 bits per heavy atom. The van der Waals surface area contributed by atoms with Gasteiger partial charge in [-0.3, -0.25) is 14.8 Å². The SMILES string of the molecule is CN(c1cccnc1)n1c(-c2ccc(F)cc2)nc2ccccc2c1=O. The fraction of sp³-hybridized carbons (Fsp3) is 0.0500. The summed E-state index contributed by atoms with van der Waals surface area (Å²) in [5, 5.41) is 2.20. The molecule has 2 aromatic carbocycles. The van der Waals surface area contributed by atoms with Gasteiger partial charge in [0, 0.05) is 18.8 Å². The minimum Gasteiger partial charge on any atom is -0.278 e. The van der Waals surface area contributed by atoms with E-state index < -0.39 is 0 Å². The summed E-state index contributed by atoms with van der Waals surface area (Å²) in [6, 6.07) is 16.7. The summed E-state index contributed by atoms with van der Waals surface area (Å²) in [6.45, 7) is 0. The Bertz CT molecular complexity index is 1120. The van der Waals surface area contributed by atoms with Crippen LogP contribution < -0.4 is 10.6 Å². The van der Waals surface area contributed by atoms with Gasteiger partial charge < -0.3 is 0 Å². The maximum atomic E-state index is 13.4. The number of hydrogen-bond donors (Lipinski definition) is 0. The van der Waals surface area contributed by atoms with E-state index in [4.69, 9.17) is 0 Å². The Hall–Kier alpha value is -3.54. The molecule has 0 aliphatic rings. The second-order valence-electron chi connectivity index (χ2n) is 5.81. The lowest BCUT2D eigenvalue weighted by molar-refractivity contribution is 0.628. The van der Waals surface area contributed by atoms with Crippen molar-refractivity contribution in [1.82, 2.24) is 14.6 Å². The number of para-hydroxylation sites is 1. The lowest BCUT2D eigenvalue weighted by Gasteiger charge is -2.24. The number of aromatic nitrogens is 3. The predicted octanol–water partition coefficient (Wildman–Crippen LogP) is 3.50. The molecule has 128 valence electrons. The van der Waals surface area contributed by atoms with Crippen molar-refractivity contribution < 1.29 is 4.39 Å². The maximum absolute atomic E-state index is 13.4. The number of halogens is 1. The van der Waals surface area contributed by atoms with Crippen LogP contribution in [-0.4, -0.2) is 21.7 Å². The van der Waals surface area contributed by atoms with Gasteiger partial charge in [-0.2, -0.15) is 4.68 Å². The zero-order valence-corrected chi connectivity index (χ0v) is 14.0. The van der Waals surface area contributed by atoms with E-state index in [1.54, 1.807) is 60.8 Å². The van der Waals surface area contributed by atoms with E-state index in [9.17, 15) is 9.18 Å². The first-order valence-corrected chi connectivity index (χ1v) is 8.07. The van der Waals surface area contributed by atoms with Crippen molar-refractivity contribution in [2.24, 2.45) is 0 Å². The van der Waals surface area contributed by atoms with Crippen molar-refractivity contribution in [2.45, 2.75) is 0 Å². The lowest BCUT2D eigenvalue weighted by Crippen LogP contribution is -2.37. The fourth-order valence-corrected chi connectivity index (χ4v) is 2.85. The highest BCUT2D eigenvalue weighted by Crippen LogP contribution is 2.22. The van der Waals surface area contributed by atoms with Crippen LogP contribution in [0.15, 0.2) is 77.9 Å². The van der Waals surface area contributed by atoms with E-state index in [-0.39, 0.29) is 11.4 Å². The molecule has 0 unspecified atom stereocenters. The van der Waals surface area contributed by atoms with Gasteiger partial charge in [0.2, 0.25) is 0 Å². The fourth-order valence-electron chi connectivity index (χ4n) is 2.85. The zero-order valence-electron chi connectivity index (χ0n) is 14.0. The Labute approximate surface area is 149 Å². The minimum atomic E-state index is -0.343. The standard InChI is InChI=1S/C20H15FN4O/c1-24(16-5-4-12-22-13-16)25-19(14-8-10-15(21)11-9-14)23-18-7-3-2-6-17(18)20(25)26/h2-13H,1H3. The van der Waals surface area contributed by atoms with Gasteiger partial charge in [-0.05, 0) is 48.5 Å². The predicted molar refractivity (Wildman–Crippen MR) is 99.4 cm³/mol. The molecule has 4 aromatic rings. The highest BCUT2D eigenvalue weighted by molar-refractivity contribution is 5.80. The van der Waals surface area contributed by atoms with Gasteiger partial charge in [0.15, 0.2) is 5.82 Å². The highest BCUT2D eigenvalue weighted by atomic mass is 19.1. The van der Waals surface area contributed by atoms with Crippen LogP contribution in [0.4, 0.5) is 10.1 Å². The Morgan fingerprint density at radius 2 is 1.77 bits per heavy atom. The van der Waals surface area contributed by atoms with E-state index in [2.05, 4.69) is 9.97 Å². The van der Waals surface area contributed by atoms with Crippen molar-refractivity contribution in [3.8, 4) is 11.4 Å². The molecule has 0 bridgehead atoms. The van der Waals surface area contributed by atoms with E-state index in [0.717, 1.165) is 5.69 Å². The molecule has 2 heterocycles. The molecule has 5 nitrogen and oxygen atoms in total. The summed E-state index contributed by atoms with van der Waals surface area (Å²) in [4.78, 5) is 22.0. The summed E-state index contributed by atoms with van der Waals surface area (Å²) in [5.41, 5.74) is 1.76. The van der Waals surface area contributed by atoms with E-state index in [0.29, 0.717) is 22.3 Å². The topological polar surface area (TPSA) is 51.0 Å². The zero-order chi connectivity index (χ0) is 18.1. The molecule has 4 rings (SSSR count). The van der Waals surface area contributed by atoms with Crippen LogP contribution in [0.25, 0.3) is 22.3 Å². The Balaban J connectivity index is 2.03. The average Bonchev–Trinajstić information content (AvgIpc) is 2.69. The molecule has 0 saturated carbocycles. The van der Waals surface area contributed by atoms with Gasteiger partial charge in [0.1, 0.15) is 5.82 Å². The molecular weight excluding hydrogens is 331 g/mol. The van der Waals surface area contributed by atoms with Gasteiger partial charge in [-0.25, -0.2) is 9.37 Å². The number of benzene rings is 2. The molecule has 0 radical (unpaired) electrons. The molecule has 2 aromatic heterocycles. The van der Waals surface area contributed by atoms with Crippen LogP contribution in [0.1, 0.15) is 0 Å². The van der Waals surface area contributed by atoms with Gasteiger partial charge in [-0.1, -0.05) is 12.1 Å². The number of hydrogen-bond acceptors (Lipinski definition) is 4. The van der Waals surface area contributed by atoms with E-state index in [1.807, 2.05) is 12.1 Å². The number of anilines is 1. The molecule has 0 amide bonds. The summed E-state index contributed by atoms with van der Waals surface area (Å²) in [6.07, 6.45) is 3.33. The highest BCUT2D eigenvalue weighted by Gasteiger charge is 2.17. The quantitative estimate of drug-likeness (QED) is 0.570. The van der Waals surface area contributed by atoms with Crippen molar-refractivity contribution >= 4 is 16.6 Å². The van der Waals surface area contributed by atoms with Crippen molar-refractivity contribution in [2.75, 3.05) is 12.1 Å². The van der Waals surface area contributed by atoms with Crippen molar-refractivity contribution in [1.29, 1.82) is 0 Å². The third kappa shape index (κ3) is 2.71. The summed E-state index contributed by atoms with van der Waals surface area (Å²) in [7, 11) is 1.77. The molecule has 0 spiro atoms. The first kappa shape index (κ1) is 16.0. The minimum absolute atomic E-state index is 0.207. The van der Waals surface area contributed by atoms with Gasteiger partial charge in [-0.15, -0.1) is 0 Å². The molecule has 0 fully saturated rings. The Kier molecular flexibility index (Phi) is 3.93. The lowest BCUT2D eigenvalue weighted by atomic mass is 10.2. The van der Waals surface area contributed by atoms with E-state index in [1.165, 1.54) is 16.8 Å². The molecule has 0 N–H and O–H groups in total. The van der Waals surface area contributed by atoms with Gasteiger partial charge in [0.25, 0.3) is 5.56 Å². The Morgan fingerprint density at radius 3 is 2.50 bits per heavy atom. The normalized spacial score (nSPS) is 10.8. The smallest absolute Gasteiger partial charge is 0.278 e. The van der Waals surface area contributed by atoms with Crippen molar-refractivity contribution in [3.05, 3.63) is 89.2 Å². The van der Waals surface area contributed by atoms with Crippen LogP contribution in [-0.2, 0) is 0 Å². The third-order valence-electron chi connectivity index (χ3n) is 4.18. The monoisotopic (exact) mass is 346 g/mol. The van der Waals surface area contributed by atoms with Crippen LogP contribution in [0.3, 0.4) is 0 Å².